The van der Waals surface area contributed by atoms with E-state index in [0.29, 0.717) is 11.3 Å². The Kier molecular flexibility index (Phi) is 7.31. The molecule has 0 aromatic heterocycles. The molecule has 6 nitrogen and oxygen atoms in total. The summed E-state index contributed by atoms with van der Waals surface area (Å²) < 4.78 is 0. The van der Waals surface area contributed by atoms with Crippen molar-refractivity contribution in [2.75, 3.05) is 10.6 Å². The van der Waals surface area contributed by atoms with Crippen molar-refractivity contribution >= 4 is 40.7 Å². The largest absolute Gasteiger partial charge is 0.349 e. The summed E-state index contributed by atoms with van der Waals surface area (Å²) >= 11 is 6.34. The number of aryl methyl sites for hydroxylation is 2. The van der Waals surface area contributed by atoms with Crippen molar-refractivity contribution in [3.05, 3.63) is 69.4 Å². The number of carbonyl (C=O) groups is 3. The first kappa shape index (κ1) is 25.0. The highest BCUT2D eigenvalue weighted by Crippen LogP contribution is 2.33. The molecule has 1 saturated carbocycles. The Morgan fingerprint density at radius 3 is 2.40 bits per heavy atom. The standard InChI is InChI=1S/C28H32ClN3O3/c1-16(2)21-12-8-9-18(4)24(21)31-26(33)19-14-13-17(3)22(15-19)30-25-23(29)27(34)32(28(25)35)20-10-6-5-7-11-20/h8-9,12-16,20,30H,5-7,10-11H2,1-4H3,(H,31,33). The van der Waals surface area contributed by atoms with Gasteiger partial charge in [-0.2, -0.15) is 0 Å². The van der Waals surface area contributed by atoms with Crippen LogP contribution in [0.1, 0.15) is 78.9 Å². The van der Waals surface area contributed by atoms with Crippen molar-refractivity contribution in [2.24, 2.45) is 0 Å². The summed E-state index contributed by atoms with van der Waals surface area (Å²) in [7, 11) is 0. The zero-order chi connectivity index (χ0) is 25.3. The highest BCUT2D eigenvalue weighted by Gasteiger charge is 2.42. The number of imide groups is 1. The van der Waals surface area contributed by atoms with Crippen LogP contribution >= 0.6 is 11.6 Å². The number of hydrogen-bond donors (Lipinski definition) is 2. The number of anilines is 2. The van der Waals surface area contributed by atoms with Crippen molar-refractivity contribution in [1.82, 2.24) is 4.90 Å². The molecule has 2 aromatic rings. The fraction of sp³-hybridized carbons (Fsp3) is 0.393. The van der Waals surface area contributed by atoms with Crippen LogP contribution in [0.4, 0.5) is 11.4 Å². The van der Waals surface area contributed by atoms with E-state index >= 15 is 0 Å². The molecule has 2 N–H and O–H groups in total. The average molecular weight is 494 g/mol. The molecule has 1 fully saturated rings. The van der Waals surface area contributed by atoms with Gasteiger partial charge >= 0.3 is 0 Å². The molecule has 2 aromatic carbocycles. The van der Waals surface area contributed by atoms with Gasteiger partial charge in [-0.1, -0.05) is 69.0 Å². The van der Waals surface area contributed by atoms with E-state index in [0.717, 1.165) is 54.5 Å². The third kappa shape index (κ3) is 4.98. The Morgan fingerprint density at radius 1 is 1.00 bits per heavy atom. The summed E-state index contributed by atoms with van der Waals surface area (Å²) in [5.41, 5.74) is 4.77. The summed E-state index contributed by atoms with van der Waals surface area (Å²) in [6.45, 7) is 8.02. The van der Waals surface area contributed by atoms with Crippen molar-refractivity contribution in [3.8, 4) is 0 Å². The summed E-state index contributed by atoms with van der Waals surface area (Å²) in [6.07, 6.45) is 4.73. The van der Waals surface area contributed by atoms with Gasteiger partial charge in [-0.3, -0.25) is 19.3 Å². The highest BCUT2D eigenvalue weighted by atomic mass is 35.5. The van der Waals surface area contributed by atoms with E-state index in [2.05, 4.69) is 24.5 Å². The summed E-state index contributed by atoms with van der Waals surface area (Å²) in [4.78, 5) is 40.5. The van der Waals surface area contributed by atoms with E-state index in [-0.39, 0.29) is 28.6 Å². The molecule has 0 bridgehead atoms. The maximum Gasteiger partial charge on any atom is 0.279 e. The molecule has 0 unspecified atom stereocenters. The van der Waals surface area contributed by atoms with E-state index in [1.165, 1.54) is 4.90 Å². The van der Waals surface area contributed by atoms with Gasteiger partial charge in [0.05, 0.1) is 0 Å². The minimum atomic E-state index is -0.446. The molecule has 7 heteroatoms. The first-order valence-corrected chi connectivity index (χ1v) is 12.6. The predicted molar refractivity (Wildman–Crippen MR) is 140 cm³/mol. The molecule has 2 aliphatic rings. The molecular weight excluding hydrogens is 462 g/mol. The van der Waals surface area contributed by atoms with E-state index in [1.54, 1.807) is 12.1 Å². The van der Waals surface area contributed by atoms with Crippen LogP contribution in [0.3, 0.4) is 0 Å². The molecule has 0 radical (unpaired) electrons. The van der Waals surface area contributed by atoms with Gasteiger partial charge in [0.2, 0.25) is 0 Å². The van der Waals surface area contributed by atoms with Crippen LogP contribution in [0.25, 0.3) is 0 Å². The molecule has 4 rings (SSSR count). The Bertz CT molecular complexity index is 1210. The maximum atomic E-state index is 13.2. The Labute approximate surface area is 211 Å². The van der Waals surface area contributed by atoms with Gasteiger partial charge in [0, 0.05) is 23.0 Å². The van der Waals surface area contributed by atoms with Crippen molar-refractivity contribution in [1.29, 1.82) is 0 Å². The first-order valence-electron chi connectivity index (χ1n) is 12.2. The van der Waals surface area contributed by atoms with Crippen LogP contribution in [0.2, 0.25) is 0 Å². The number of benzene rings is 2. The van der Waals surface area contributed by atoms with Gasteiger partial charge < -0.3 is 10.6 Å². The number of nitrogens with one attached hydrogen (secondary N) is 2. The number of rotatable bonds is 6. The van der Waals surface area contributed by atoms with Crippen molar-refractivity contribution in [2.45, 2.75) is 71.8 Å². The third-order valence-corrected chi connectivity index (χ3v) is 7.27. The molecule has 0 saturated heterocycles. The number of para-hydroxylation sites is 1. The zero-order valence-corrected chi connectivity index (χ0v) is 21.5. The lowest BCUT2D eigenvalue weighted by Gasteiger charge is -2.29. The number of carbonyl (C=O) groups excluding carboxylic acids is 3. The Morgan fingerprint density at radius 2 is 1.71 bits per heavy atom. The van der Waals surface area contributed by atoms with Gasteiger partial charge in [-0.05, 0) is 61.4 Å². The maximum absolute atomic E-state index is 13.2. The molecule has 1 aliphatic heterocycles. The minimum absolute atomic E-state index is 0.0731. The zero-order valence-electron chi connectivity index (χ0n) is 20.7. The molecule has 184 valence electrons. The lowest BCUT2D eigenvalue weighted by atomic mass is 9.94. The van der Waals surface area contributed by atoms with Crippen LogP contribution in [0.5, 0.6) is 0 Å². The lowest BCUT2D eigenvalue weighted by Crippen LogP contribution is -2.42. The monoisotopic (exact) mass is 493 g/mol. The van der Waals surface area contributed by atoms with Crippen LogP contribution in [-0.2, 0) is 9.59 Å². The second-order valence-electron chi connectivity index (χ2n) is 9.76. The van der Waals surface area contributed by atoms with Crippen molar-refractivity contribution < 1.29 is 14.4 Å². The Balaban J connectivity index is 1.57. The van der Waals surface area contributed by atoms with Crippen LogP contribution in [0.15, 0.2) is 47.1 Å². The predicted octanol–water partition coefficient (Wildman–Crippen LogP) is 6.24. The normalized spacial score (nSPS) is 16.9. The average Bonchev–Trinajstić information content (AvgIpc) is 3.04. The van der Waals surface area contributed by atoms with Crippen LogP contribution in [0, 0.1) is 13.8 Å². The number of nitrogens with zero attached hydrogens (tertiary/aromatic N) is 1. The number of hydrogen-bond acceptors (Lipinski definition) is 4. The highest BCUT2D eigenvalue weighted by molar-refractivity contribution is 6.48. The number of amides is 3. The van der Waals surface area contributed by atoms with E-state index in [1.807, 2.05) is 38.1 Å². The lowest BCUT2D eigenvalue weighted by molar-refractivity contribution is -0.140. The second kappa shape index (κ2) is 10.2. The molecule has 1 aliphatic carbocycles. The minimum Gasteiger partial charge on any atom is -0.349 e. The van der Waals surface area contributed by atoms with Gasteiger partial charge in [-0.25, -0.2) is 0 Å². The van der Waals surface area contributed by atoms with Gasteiger partial charge in [0.1, 0.15) is 10.7 Å². The SMILES string of the molecule is Cc1ccc(C(=O)Nc2c(C)cccc2C(C)C)cc1NC1=C(Cl)C(=O)N(C2CCCCC2)C1=O. The van der Waals surface area contributed by atoms with E-state index in [4.69, 9.17) is 11.6 Å². The molecular formula is C28H32ClN3O3. The Hall–Kier alpha value is -3.12. The third-order valence-electron chi connectivity index (χ3n) is 6.92. The van der Waals surface area contributed by atoms with Crippen LogP contribution in [-0.4, -0.2) is 28.7 Å². The smallest absolute Gasteiger partial charge is 0.279 e. The van der Waals surface area contributed by atoms with Gasteiger partial charge in [0.15, 0.2) is 0 Å². The molecule has 0 spiro atoms. The first-order chi connectivity index (χ1) is 16.7. The van der Waals surface area contributed by atoms with Gasteiger partial charge in [0.25, 0.3) is 17.7 Å². The number of halogens is 1. The fourth-order valence-corrected chi connectivity index (χ4v) is 5.08. The summed E-state index contributed by atoms with van der Waals surface area (Å²) in [5, 5.41) is 6.02. The quantitative estimate of drug-likeness (QED) is 0.466. The van der Waals surface area contributed by atoms with Crippen molar-refractivity contribution in [3.63, 3.8) is 0 Å². The molecule has 1 heterocycles. The summed E-state index contributed by atoms with van der Waals surface area (Å²) in [5.74, 6) is -0.837. The molecule has 35 heavy (non-hydrogen) atoms. The van der Waals surface area contributed by atoms with E-state index < -0.39 is 11.8 Å². The van der Waals surface area contributed by atoms with Crippen LogP contribution < -0.4 is 10.6 Å². The topological polar surface area (TPSA) is 78.5 Å². The second-order valence-corrected chi connectivity index (χ2v) is 10.1. The van der Waals surface area contributed by atoms with Gasteiger partial charge in [-0.15, -0.1) is 0 Å². The van der Waals surface area contributed by atoms with E-state index in [9.17, 15) is 14.4 Å². The fourth-order valence-electron chi connectivity index (χ4n) is 4.86. The summed E-state index contributed by atoms with van der Waals surface area (Å²) in [6, 6.07) is 11.1. The molecule has 0 atom stereocenters. The molecule has 3 amide bonds.